The number of aromatic nitrogens is 4. The summed E-state index contributed by atoms with van der Waals surface area (Å²) in [6.07, 6.45) is -4.13. The predicted octanol–water partition coefficient (Wildman–Crippen LogP) is 5.14. The van der Waals surface area contributed by atoms with Crippen LogP contribution in [0, 0.1) is 0 Å². The van der Waals surface area contributed by atoms with Gasteiger partial charge < -0.3 is 14.7 Å². The maximum Gasteiger partial charge on any atom is 0.490 e. The largest absolute Gasteiger partial charge is 0.490 e. The average Bonchev–Trinajstić information content (AvgIpc) is 3.44. The highest BCUT2D eigenvalue weighted by Gasteiger charge is 2.47. The molecule has 0 radical (unpaired) electrons. The molecular formula is C25H19BrF5N5O4. The first-order valence-electron chi connectivity index (χ1n) is 11.5. The zero-order valence-corrected chi connectivity index (χ0v) is 21.8. The van der Waals surface area contributed by atoms with E-state index in [0.29, 0.717) is 21.2 Å². The lowest BCUT2D eigenvalue weighted by atomic mass is 10.0. The predicted molar refractivity (Wildman–Crippen MR) is 134 cm³/mol. The minimum atomic E-state index is -5.08. The summed E-state index contributed by atoms with van der Waals surface area (Å²) in [4.78, 5) is 29.3. The molecule has 0 bridgehead atoms. The second-order valence-corrected chi connectivity index (χ2v) is 9.41. The van der Waals surface area contributed by atoms with Crippen molar-refractivity contribution in [3.05, 3.63) is 77.0 Å². The minimum absolute atomic E-state index is 0.0940. The van der Waals surface area contributed by atoms with Crippen LogP contribution in [-0.2, 0) is 4.79 Å². The molecule has 4 aromatic rings. The number of benzene rings is 2. The SMILES string of the molecule is O=C(O)C(F)(F)F.O=C(c1cc(Br)ccc1-n1nccn1)N1CCC(F)(F)C(Oc2ccc3ccccc3n2)C1. The van der Waals surface area contributed by atoms with Gasteiger partial charge in [0.15, 0.2) is 6.10 Å². The molecule has 5 rings (SSSR count). The Morgan fingerprint density at radius 2 is 1.73 bits per heavy atom. The summed E-state index contributed by atoms with van der Waals surface area (Å²) in [7, 11) is 0. The third-order valence-corrected chi connectivity index (χ3v) is 6.25. The van der Waals surface area contributed by atoms with Gasteiger partial charge in [0, 0.05) is 28.9 Å². The van der Waals surface area contributed by atoms with E-state index in [0.717, 1.165) is 5.39 Å². The number of likely N-dealkylation sites (tertiary alicyclic amines) is 1. The van der Waals surface area contributed by atoms with E-state index >= 15 is 0 Å². The van der Waals surface area contributed by atoms with E-state index in [1.807, 2.05) is 18.2 Å². The first-order chi connectivity index (χ1) is 18.8. The molecule has 1 N–H and O–H groups in total. The van der Waals surface area contributed by atoms with Crippen LogP contribution in [-0.4, -0.2) is 73.2 Å². The van der Waals surface area contributed by atoms with Crippen LogP contribution in [0.25, 0.3) is 16.6 Å². The number of nitrogens with zero attached hydrogens (tertiary/aromatic N) is 5. The van der Waals surface area contributed by atoms with Crippen LogP contribution in [0.4, 0.5) is 22.0 Å². The molecule has 210 valence electrons. The highest BCUT2D eigenvalue weighted by atomic mass is 79.9. The molecule has 1 unspecified atom stereocenters. The topological polar surface area (TPSA) is 110 Å². The Balaban J connectivity index is 0.000000470. The van der Waals surface area contributed by atoms with Crippen LogP contribution < -0.4 is 4.74 Å². The Morgan fingerprint density at radius 1 is 1.05 bits per heavy atom. The molecule has 0 spiro atoms. The first kappa shape index (κ1) is 28.9. The number of halogens is 6. The van der Waals surface area contributed by atoms with Gasteiger partial charge in [0.1, 0.15) is 0 Å². The number of alkyl halides is 5. The molecular weight excluding hydrogens is 609 g/mol. The number of aliphatic carboxylic acids is 1. The summed E-state index contributed by atoms with van der Waals surface area (Å²) in [6, 6.07) is 15.8. The van der Waals surface area contributed by atoms with Crippen LogP contribution in [0.5, 0.6) is 5.88 Å². The molecule has 9 nitrogen and oxygen atoms in total. The summed E-state index contributed by atoms with van der Waals surface area (Å²) < 4.78 is 67.5. The van der Waals surface area contributed by atoms with Gasteiger partial charge in [-0.05, 0) is 30.3 Å². The van der Waals surface area contributed by atoms with Crippen molar-refractivity contribution in [2.45, 2.75) is 24.6 Å². The van der Waals surface area contributed by atoms with Gasteiger partial charge in [-0.1, -0.05) is 34.1 Å². The smallest absolute Gasteiger partial charge is 0.475 e. The fourth-order valence-electron chi connectivity index (χ4n) is 3.80. The molecule has 1 aliphatic heterocycles. The van der Waals surface area contributed by atoms with Crippen LogP contribution in [0.15, 0.2) is 71.5 Å². The summed E-state index contributed by atoms with van der Waals surface area (Å²) in [5.74, 6) is -6.17. The monoisotopic (exact) mass is 627 g/mol. The molecule has 2 aromatic carbocycles. The number of pyridine rings is 1. The Hall–Kier alpha value is -4.14. The van der Waals surface area contributed by atoms with Crippen LogP contribution in [0.3, 0.4) is 0 Å². The van der Waals surface area contributed by atoms with Gasteiger partial charge in [-0.25, -0.2) is 18.6 Å². The van der Waals surface area contributed by atoms with Gasteiger partial charge in [-0.2, -0.15) is 28.2 Å². The number of piperidine rings is 1. The van der Waals surface area contributed by atoms with Gasteiger partial charge >= 0.3 is 12.1 Å². The van der Waals surface area contributed by atoms with Gasteiger partial charge in [-0.15, -0.1) is 0 Å². The standard InChI is InChI=1S/C23H18BrF2N5O2.C2HF3O2/c24-16-6-7-19(31-27-10-11-28-31)17(13-16)22(32)30-12-9-23(25,26)20(14-30)33-21-8-5-15-3-1-2-4-18(15)29-21;3-2(4,5)1(6)7/h1-8,10-11,13,20H,9,12,14H2;(H,6,7). The second-order valence-electron chi connectivity index (χ2n) is 8.49. The number of fused-ring (bicyclic) bond motifs is 1. The van der Waals surface area contributed by atoms with Crippen LogP contribution in [0.2, 0.25) is 0 Å². The van der Waals surface area contributed by atoms with E-state index in [-0.39, 0.29) is 19.0 Å². The Morgan fingerprint density at radius 3 is 2.40 bits per heavy atom. The highest BCUT2D eigenvalue weighted by Crippen LogP contribution is 2.33. The van der Waals surface area contributed by atoms with E-state index in [9.17, 15) is 26.7 Å². The number of carboxylic acids is 1. The number of carbonyl (C=O) groups excluding carboxylic acids is 1. The number of rotatable bonds is 4. The van der Waals surface area contributed by atoms with Crippen molar-refractivity contribution >= 4 is 38.7 Å². The third-order valence-electron chi connectivity index (χ3n) is 5.76. The summed E-state index contributed by atoms with van der Waals surface area (Å²) in [6.45, 7) is -0.381. The molecule has 0 saturated carbocycles. The number of para-hydroxylation sites is 1. The van der Waals surface area contributed by atoms with Crippen molar-refractivity contribution < 1.29 is 41.4 Å². The highest BCUT2D eigenvalue weighted by molar-refractivity contribution is 9.10. The molecule has 2 aromatic heterocycles. The quantitative estimate of drug-likeness (QED) is 0.312. The Bertz CT molecular complexity index is 1520. The van der Waals surface area contributed by atoms with Crippen molar-refractivity contribution in [3.63, 3.8) is 0 Å². The lowest BCUT2D eigenvalue weighted by molar-refractivity contribution is -0.192. The molecule has 0 aliphatic carbocycles. The average molecular weight is 628 g/mol. The van der Waals surface area contributed by atoms with E-state index < -0.39 is 36.5 Å². The first-order valence-corrected chi connectivity index (χ1v) is 12.3. The molecule has 15 heteroatoms. The number of ether oxygens (including phenoxy) is 1. The summed E-state index contributed by atoms with van der Waals surface area (Å²) >= 11 is 3.37. The maximum absolute atomic E-state index is 14.8. The minimum Gasteiger partial charge on any atom is -0.475 e. The van der Waals surface area contributed by atoms with Gasteiger partial charge in [0.25, 0.3) is 11.8 Å². The zero-order valence-electron chi connectivity index (χ0n) is 20.2. The maximum atomic E-state index is 14.8. The molecule has 3 heterocycles. The molecule has 1 aliphatic rings. The van der Waals surface area contributed by atoms with Crippen molar-refractivity contribution in [1.29, 1.82) is 0 Å². The van der Waals surface area contributed by atoms with Gasteiger partial charge in [-0.3, -0.25) is 4.79 Å². The van der Waals surface area contributed by atoms with E-state index in [2.05, 4.69) is 31.1 Å². The fraction of sp³-hybridized carbons (Fsp3) is 0.240. The van der Waals surface area contributed by atoms with Crippen LogP contribution >= 0.6 is 15.9 Å². The van der Waals surface area contributed by atoms with Crippen molar-refractivity contribution in [1.82, 2.24) is 24.9 Å². The van der Waals surface area contributed by atoms with Crippen LogP contribution in [0.1, 0.15) is 16.8 Å². The van der Waals surface area contributed by atoms with E-state index in [1.165, 1.54) is 22.1 Å². The van der Waals surface area contributed by atoms with Gasteiger partial charge in [0.05, 0.1) is 35.7 Å². The number of carboxylic acid groups (broad SMARTS) is 1. The molecule has 40 heavy (non-hydrogen) atoms. The molecule has 1 amide bonds. The number of hydrogen-bond acceptors (Lipinski definition) is 6. The fourth-order valence-corrected chi connectivity index (χ4v) is 4.16. The Labute approximate surface area is 231 Å². The zero-order chi connectivity index (χ0) is 29.1. The van der Waals surface area contributed by atoms with Crippen molar-refractivity contribution in [3.8, 4) is 11.6 Å². The Kier molecular flexibility index (Phi) is 8.32. The lowest BCUT2D eigenvalue weighted by Gasteiger charge is -2.38. The number of carbonyl (C=O) groups is 2. The van der Waals surface area contributed by atoms with E-state index in [1.54, 1.807) is 36.4 Å². The second kappa shape index (κ2) is 11.5. The molecule has 1 saturated heterocycles. The van der Waals surface area contributed by atoms with Gasteiger partial charge in [0.2, 0.25) is 5.88 Å². The number of amides is 1. The van der Waals surface area contributed by atoms with E-state index in [4.69, 9.17) is 14.6 Å². The van der Waals surface area contributed by atoms with Crippen molar-refractivity contribution in [2.75, 3.05) is 13.1 Å². The summed E-state index contributed by atoms with van der Waals surface area (Å²) in [5.41, 5.74) is 1.40. The number of hydrogen-bond donors (Lipinski definition) is 1. The lowest BCUT2D eigenvalue weighted by Crippen LogP contribution is -2.55. The summed E-state index contributed by atoms with van der Waals surface area (Å²) in [5, 5.41) is 16.2. The molecule has 1 atom stereocenters. The van der Waals surface area contributed by atoms with Crippen molar-refractivity contribution in [2.24, 2.45) is 0 Å². The third kappa shape index (κ3) is 6.70. The molecule has 1 fully saturated rings. The normalized spacial score (nSPS) is 16.6.